The number of alkyl halides is 3. The van der Waals surface area contributed by atoms with Crippen LogP contribution in [0.3, 0.4) is 0 Å². The van der Waals surface area contributed by atoms with Gasteiger partial charge in [0.1, 0.15) is 18.4 Å². The molecule has 1 N–H and O–H groups in total. The smallest absolute Gasteiger partial charge is 0.493 e. The maximum atomic E-state index is 12.6. The Labute approximate surface area is 199 Å². The number of benzene rings is 1. The van der Waals surface area contributed by atoms with Gasteiger partial charge >= 0.3 is 12.1 Å². The summed E-state index contributed by atoms with van der Waals surface area (Å²) in [5.41, 5.74) is 4.63. The highest BCUT2D eigenvalue weighted by molar-refractivity contribution is 7.07. The molecular weight excluding hydrogens is 497 g/mol. The van der Waals surface area contributed by atoms with Crippen molar-refractivity contribution in [2.75, 3.05) is 12.4 Å². The van der Waals surface area contributed by atoms with Crippen molar-refractivity contribution in [3.63, 3.8) is 0 Å². The van der Waals surface area contributed by atoms with Gasteiger partial charge in [0.25, 0.3) is 0 Å². The van der Waals surface area contributed by atoms with Crippen molar-refractivity contribution in [2.24, 2.45) is 0 Å². The molecule has 1 unspecified atom stereocenters. The number of carbonyl (C=O) groups excluding carboxylic acids is 1. The van der Waals surface area contributed by atoms with E-state index in [1.165, 1.54) is 18.4 Å². The van der Waals surface area contributed by atoms with E-state index in [0.717, 1.165) is 23.8 Å². The highest BCUT2D eigenvalue weighted by atomic mass is 35.5. The Bertz CT molecular complexity index is 1360. The topological polar surface area (TPSA) is 104 Å². The van der Waals surface area contributed by atoms with Gasteiger partial charge in [0.15, 0.2) is 11.3 Å². The molecule has 4 aromatic rings. The Morgan fingerprint density at radius 2 is 2.03 bits per heavy atom. The summed E-state index contributed by atoms with van der Waals surface area (Å²) in [5, 5.41) is 5.53. The van der Waals surface area contributed by atoms with Crippen molar-refractivity contribution < 1.29 is 27.5 Å². The summed E-state index contributed by atoms with van der Waals surface area (Å²) in [4.78, 5) is 31.9. The van der Waals surface area contributed by atoms with Crippen LogP contribution in [0, 0.1) is 6.92 Å². The Kier molecular flexibility index (Phi) is 6.32. The minimum atomic E-state index is -5.17. The molecule has 0 aliphatic carbocycles. The number of carbonyl (C=O) groups is 1. The van der Waals surface area contributed by atoms with Gasteiger partial charge in [0, 0.05) is 21.5 Å². The lowest BCUT2D eigenvalue weighted by Gasteiger charge is -2.22. The van der Waals surface area contributed by atoms with Crippen molar-refractivity contribution >= 4 is 45.9 Å². The van der Waals surface area contributed by atoms with Crippen molar-refractivity contribution in [1.29, 1.82) is 0 Å². The molecule has 0 amide bonds. The van der Waals surface area contributed by atoms with Crippen LogP contribution in [-0.4, -0.2) is 43.9 Å². The molecule has 0 saturated heterocycles. The van der Waals surface area contributed by atoms with Gasteiger partial charge in [-0.05, 0) is 25.5 Å². The number of nitrogens with one attached hydrogen (secondary N) is 1. The number of aromatic nitrogens is 5. The molecule has 34 heavy (non-hydrogen) atoms. The summed E-state index contributed by atoms with van der Waals surface area (Å²) >= 11 is 7.94. The van der Waals surface area contributed by atoms with E-state index in [1.54, 1.807) is 11.6 Å². The largest absolute Gasteiger partial charge is 0.496 e. The Balaban J connectivity index is 1.71. The molecule has 0 aliphatic heterocycles. The number of hydrogen-bond acceptors (Lipinski definition) is 9. The zero-order valence-electron chi connectivity index (χ0n) is 17.8. The summed E-state index contributed by atoms with van der Waals surface area (Å²) in [6.07, 6.45) is -3.16. The van der Waals surface area contributed by atoms with Crippen LogP contribution in [0.25, 0.3) is 22.4 Å². The number of ether oxygens (including phenoxy) is 1. The second-order valence-electron chi connectivity index (χ2n) is 7.06. The zero-order chi connectivity index (χ0) is 24.6. The number of hydrogen-bond donors (Lipinski definition) is 1. The fraction of sp³-hybridized carbons (Fsp3) is 0.250. The molecule has 14 heteroatoms. The molecule has 0 spiro atoms. The monoisotopic (exact) mass is 512 g/mol. The summed E-state index contributed by atoms with van der Waals surface area (Å²) < 4.78 is 43.9. The molecule has 0 saturated carbocycles. The van der Waals surface area contributed by atoms with E-state index in [4.69, 9.17) is 16.3 Å². The predicted molar refractivity (Wildman–Crippen MR) is 119 cm³/mol. The summed E-state index contributed by atoms with van der Waals surface area (Å²) in [7, 11) is 1.54. The highest BCUT2D eigenvalue weighted by Crippen LogP contribution is 2.42. The Hall–Kier alpha value is -3.45. The predicted octanol–water partition coefficient (Wildman–Crippen LogP) is 4.61. The molecule has 9 nitrogen and oxygen atoms in total. The first-order valence-electron chi connectivity index (χ1n) is 9.61. The lowest BCUT2D eigenvalue weighted by atomic mass is 9.97. The van der Waals surface area contributed by atoms with Crippen molar-refractivity contribution in [2.45, 2.75) is 26.1 Å². The summed E-state index contributed by atoms with van der Waals surface area (Å²) in [6, 6.07) is 1.32. The molecule has 0 radical (unpaired) electrons. The fourth-order valence-corrected chi connectivity index (χ4v) is 4.10. The fourth-order valence-electron chi connectivity index (χ4n) is 3.34. The molecule has 0 fully saturated rings. The van der Waals surface area contributed by atoms with Gasteiger partial charge in [-0.25, -0.2) is 24.7 Å². The molecule has 178 valence electrons. The minimum absolute atomic E-state index is 0.0984. The van der Waals surface area contributed by atoms with E-state index >= 15 is 0 Å². The third-order valence-electron chi connectivity index (χ3n) is 4.93. The molecule has 3 aromatic heterocycles. The molecule has 3 heterocycles. The third kappa shape index (κ3) is 4.35. The van der Waals surface area contributed by atoms with E-state index in [-0.39, 0.29) is 17.0 Å². The lowest BCUT2D eigenvalue weighted by molar-refractivity contribution is -0.199. The first-order valence-corrected chi connectivity index (χ1v) is 10.9. The van der Waals surface area contributed by atoms with Gasteiger partial charge in [-0.1, -0.05) is 11.6 Å². The normalized spacial score (nSPS) is 12.6. The number of anilines is 1. The SMILES string of the molecule is COc1c(C(C)Nc2ncnc3c2ncn3OC(=O)C(F)(F)F)cc(Cl)c(C)c1-c1cscn1. The number of halogens is 4. The molecule has 0 bridgehead atoms. The Morgan fingerprint density at radius 1 is 1.26 bits per heavy atom. The van der Waals surface area contributed by atoms with Crippen LogP contribution < -0.4 is 14.9 Å². The number of thiazole rings is 1. The average Bonchev–Trinajstić information content (AvgIpc) is 3.45. The van der Waals surface area contributed by atoms with Crippen LogP contribution in [0.4, 0.5) is 19.0 Å². The second kappa shape index (κ2) is 9.06. The van der Waals surface area contributed by atoms with Crippen molar-refractivity contribution in [3.05, 3.63) is 45.8 Å². The number of nitrogens with zero attached hydrogens (tertiary/aromatic N) is 5. The molecule has 1 atom stereocenters. The van der Waals surface area contributed by atoms with Crippen LogP contribution in [0.1, 0.15) is 24.1 Å². The van der Waals surface area contributed by atoms with Crippen LogP contribution in [-0.2, 0) is 4.79 Å². The van der Waals surface area contributed by atoms with E-state index < -0.39 is 18.2 Å². The number of imidazole rings is 1. The van der Waals surface area contributed by atoms with E-state index in [0.29, 0.717) is 26.8 Å². The van der Waals surface area contributed by atoms with Crippen LogP contribution in [0.5, 0.6) is 5.75 Å². The highest BCUT2D eigenvalue weighted by Gasteiger charge is 2.42. The van der Waals surface area contributed by atoms with Gasteiger partial charge in [-0.3, -0.25) is 0 Å². The summed E-state index contributed by atoms with van der Waals surface area (Å²) in [5.74, 6) is -1.64. The van der Waals surface area contributed by atoms with E-state index in [9.17, 15) is 18.0 Å². The molecule has 1 aromatic carbocycles. The van der Waals surface area contributed by atoms with Crippen molar-refractivity contribution in [3.8, 4) is 17.0 Å². The Morgan fingerprint density at radius 3 is 2.68 bits per heavy atom. The van der Waals surface area contributed by atoms with Crippen LogP contribution >= 0.6 is 22.9 Å². The maximum absolute atomic E-state index is 12.6. The average molecular weight is 513 g/mol. The summed E-state index contributed by atoms with van der Waals surface area (Å²) in [6.45, 7) is 3.69. The van der Waals surface area contributed by atoms with E-state index in [2.05, 4.69) is 30.1 Å². The first-order chi connectivity index (χ1) is 16.1. The molecule has 0 aliphatic rings. The minimum Gasteiger partial charge on any atom is -0.496 e. The zero-order valence-corrected chi connectivity index (χ0v) is 19.4. The first kappa shape index (κ1) is 23.7. The molecule has 4 rings (SSSR count). The van der Waals surface area contributed by atoms with Gasteiger partial charge in [0.05, 0.1) is 24.4 Å². The van der Waals surface area contributed by atoms with Crippen molar-refractivity contribution in [1.82, 2.24) is 24.7 Å². The van der Waals surface area contributed by atoms with Gasteiger partial charge in [-0.2, -0.15) is 13.2 Å². The maximum Gasteiger partial charge on any atom is 0.493 e. The van der Waals surface area contributed by atoms with Gasteiger partial charge < -0.3 is 14.9 Å². The van der Waals surface area contributed by atoms with E-state index in [1.807, 2.05) is 19.2 Å². The van der Waals surface area contributed by atoms with Crippen LogP contribution in [0.2, 0.25) is 5.02 Å². The number of methoxy groups -OCH3 is 1. The van der Waals surface area contributed by atoms with Crippen LogP contribution in [0.15, 0.2) is 29.6 Å². The quantitative estimate of drug-likeness (QED) is 0.399. The van der Waals surface area contributed by atoms with Gasteiger partial charge in [-0.15, -0.1) is 16.1 Å². The number of fused-ring (bicyclic) bond motifs is 1. The number of rotatable bonds is 6. The molecular formula is C20H16ClF3N6O3S. The lowest BCUT2D eigenvalue weighted by Crippen LogP contribution is -2.33. The third-order valence-corrected chi connectivity index (χ3v) is 5.91. The second-order valence-corrected chi connectivity index (χ2v) is 8.19. The standard InChI is InChI=1S/C20H16ClF3N6O3S/c1-9-12(21)4-11(16(32-3)14(9)13-5-34-8-28-13)10(2)29-17-15-18(26-6-25-17)30(7-27-15)33-19(31)20(22,23)24/h4-8,10H,1-3H3,(H,25,26,29). The van der Waals surface area contributed by atoms with Gasteiger partial charge in [0.2, 0.25) is 5.65 Å².